The standard InChI is InChI=1S/C27H30N8O3/c1-6-20(36)35-13-11-16(14-35)29-23-21-18(10-12-28-22(21)32-33-23)17-8-7-9-19(15(17)2)30-25(37)24-31-26(38-34-24)27(3,4)5/h6-10,12,16H,1,11,13-14H2,2-5H3,(H,30,37)(H2,28,29,32,33). The lowest BCUT2D eigenvalue weighted by molar-refractivity contribution is -0.125. The molecule has 3 N–H and O–H groups in total. The Labute approximate surface area is 219 Å². The molecule has 1 aliphatic rings. The number of amides is 2. The first-order valence-electron chi connectivity index (χ1n) is 12.4. The summed E-state index contributed by atoms with van der Waals surface area (Å²) in [4.78, 5) is 35.4. The smallest absolute Gasteiger partial charge is 0.297 e. The topological polar surface area (TPSA) is 142 Å². The van der Waals surface area contributed by atoms with Crippen LogP contribution in [0.25, 0.3) is 22.2 Å². The summed E-state index contributed by atoms with van der Waals surface area (Å²) in [5, 5.41) is 18.6. The molecular weight excluding hydrogens is 484 g/mol. The van der Waals surface area contributed by atoms with Crippen molar-refractivity contribution in [2.24, 2.45) is 0 Å². The molecule has 0 bridgehead atoms. The summed E-state index contributed by atoms with van der Waals surface area (Å²) < 4.78 is 5.27. The number of hydrogen-bond acceptors (Lipinski definition) is 8. The molecule has 1 aliphatic heterocycles. The summed E-state index contributed by atoms with van der Waals surface area (Å²) >= 11 is 0. The number of anilines is 2. The van der Waals surface area contributed by atoms with Crippen molar-refractivity contribution >= 4 is 34.4 Å². The van der Waals surface area contributed by atoms with Gasteiger partial charge in [-0.3, -0.25) is 14.7 Å². The van der Waals surface area contributed by atoms with Gasteiger partial charge in [-0.25, -0.2) is 4.98 Å². The van der Waals surface area contributed by atoms with Gasteiger partial charge in [0.15, 0.2) is 11.5 Å². The van der Waals surface area contributed by atoms with Gasteiger partial charge >= 0.3 is 0 Å². The average Bonchev–Trinajstić information content (AvgIpc) is 3.65. The molecule has 196 valence electrons. The average molecular weight is 515 g/mol. The quantitative estimate of drug-likeness (QED) is 0.327. The summed E-state index contributed by atoms with van der Waals surface area (Å²) in [5.74, 6) is 0.513. The van der Waals surface area contributed by atoms with Gasteiger partial charge in [0, 0.05) is 36.4 Å². The SMILES string of the molecule is C=CC(=O)N1CCC(Nc2n[nH]c3nccc(-c4cccc(NC(=O)c5noc(C(C)(C)C)n5)c4C)c23)C1. The highest BCUT2D eigenvalue weighted by Crippen LogP contribution is 2.36. The lowest BCUT2D eigenvalue weighted by atomic mass is 9.97. The van der Waals surface area contributed by atoms with Crippen molar-refractivity contribution < 1.29 is 14.1 Å². The fourth-order valence-corrected chi connectivity index (χ4v) is 4.54. The Kier molecular flexibility index (Phi) is 6.43. The first-order chi connectivity index (χ1) is 18.2. The lowest BCUT2D eigenvalue weighted by Gasteiger charge is -2.16. The second kappa shape index (κ2) is 9.73. The molecule has 38 heavy (non-hydrogen) atoms. The first-order valence-corrected chi connectivity index (χ1v) is 12.4. The molecule has 1 fully saturated rings. The summed E-state index contributed by atoms with van der Waals surface area (Å²) in [6.45, 7) is 12.6. The van der Waals surface area contributed by atoms with E-state index in [1.165, 1.54) is 6.08 Å². The number of nitrogens with zero attached hydrogens (tertiary/aromatic N) is 5. The van der Waals surface area contributed by atoms with E-state index in [4.69, 9.17) is 4.52 Å². The highest BCUT2D eigenvalue weighted by atomic mass is 16.5. The number of aromatic nitrogens is 5. The Bertz CT molecular complexity index is 1530. The highest BCUT2D eigenvalue weighted by Gasteiger charge is 2.27. The number of likely N-dealkylation sites (tertiary alicyclic amines) is 1. The predicted octanol–water partition coefficient (Wildman–Crippen LogP) is 4.06. The maximum absolute atomic E-state index is 12.9. The van der Waals surface area contributed by atoms with E-state index in [1.54, 1.807) is 11.1 Å². The maximum atomic E-state index is 12.9. The van der Waals surface area contributed by atoms with Crippen LogP contribution in [0.5, 0.6) is 0 Å². The van der Waals surface area contributed by atoms with Crippen molar-refractivity contribution in [1.82, 2.24) is 30.2 Å². The Hall–Kier alpha value is -4.54. The second-order valence-corrected chi connectivity index (χ2v) is 10.4. The number of aromatic amines is 1. The van der Waals surface area contributed by atoms with Gasteiger partial charge in [0.05, 0.1) is 5.39 Å². The number of nitrogens with one attached hydrogen (secondary N) is 3. The normalized spacial score (nSPS) is 15.6. The zero-order valence-electron chi connectivity index (χ0n) is 21.8. The number of benzene rings is 1. The molecule has 3 aromatic heterocycles. The summed E-state index contributed by atoms with van der Waals surface area (Å²) in [5.41, 5.74) is 3.60. The number of fused-ring (bicyclic) bond motifs is 1. The minimum Gasteiger partial charge on any atom is -0.363 e. The highest BCUT2D eigenvalue weighted by molar-refractivity contribution is 6.04. The van der Waals surface area contributed by atoms with Crippen LogP contribution in [-0.2, 0) is 10.2 Å². The van der Waals surface area contributed by atoms with Crippen molar-refractivity contribution in [2.45, 2.75) is 45.6 Å². The third kappa shape index (κ3) is 4.74. The van der Waals surface area contributed by atoms with Gasteiger partial charge in [-0.15, -0.1) is 0 Å². The van der Waals surface area contributed by atoms with E-state index in [9.17, 15) is 9.59 Å². The molecule has 4 aromatic rings. The third-order valence-corrected chi connectivity index (χ3v) is 6.62. The number of carbonyl (C=O) groups is 2. The van der Waals surface area contributed by atoms with Crippen LogP contribution in [0.3, 0.4) is 0 Å². The van der Waals surface area contributed by atoms with Gasteiger partial charge in [0.1, 0.15) is 0 Å². The summed E-state index contributed by atoms with van der Waals surface area (Å²) in [6, 6.07) is 7.68. The lowest BCUT2D eigenvalue weighted by Crippen LogP contribution is -2.30. The van der Waals surface area contributed by atoms with Crippen LogP contribution in [-0.4, -0.2) is 61.2 Å². The zero-order valence-corrected chi connectivity index (χ0v) is 21.8. The van der Waals surface area contributed by atoms with E-state index in [0.717, 1.165) is 28.5 Å². The van der Waals surface area contributed by atoms with Crippen LogP contribution in [0.1, 0.15) is 49.3 Å². The van der Waals surface area contributed by atoms with E-state index in [1.807, 2.05) is 52.0 Å². The number of H-pyrrole nitrogens is 1. The number of hydrogen-bond donors (Lipinski definition) is 3. The van der Waals surface area contributed by atoms with Crippen LogP contribution >= 0.6 is 0 Å². The summed E-state index contributed by atoms with van der Waals surface area (Å²) in [7, 11) is 0. The van der Waals surface area contributed by atoms with E-state index in [2.05, 4.69) is 42.5 Å². The largest absolute Gasteiger partial charge is 0.363 e. The molecule has 11 heteroatoms. The van der Waals surface area contributed by atoms with Crippen LogP contribution < -0.4 is 10.6 Å². The molecule has 1 saturated heterocycles. The predicted molar refractivity (Wildman–Crippen MR) is 144 cm³/mol. The van der Waals surface area contributed by atoms with Crippen molar-refractivity contribution in [2.75, 3.05) is 23.7 Å². The minimum absolute atomic E-state index is 0.0205. The van der Waals surface area contributed by atoms with Gasteiger partial charge in [0.2, 0.25) is 11.8 Å². The Morgan fingerprint density at radius 1 is 1.24 bits per heavy atom. The van der Waals surface area contributed by atoms with Gasteiger partial charge in [-0.2, -0.15) is 10.1 Å². The number of pyridine rings is 1. The Balaban J connectivity index is 1.43. The number of rotatable bonds is 6. The van der Waals surface area contributed by atoms with Gasteiger partial charge in [-0.05, 0) is 48.2 Å². The van der Waals surface area contributed by atoms with Crippen LogP contribution in [0, 0.1) is 6.92 Å². The van der Waals surface area contributed by atoms with Crippen LogP contribution in [0.15, 0.2) is 47.6 Å². The minimum atomic E-state index is -0.449. The maximum Gasteiger partial charge on any atom is 0.297 e. The fraction of sp³-hybridized carbons (Fsp3) is 0.333. The van der Waals surface area contributed by atoms with Crippen molar-refractivity contribution in [3.63, 3.8) is 0 Å². The molecule has 4 heterocycles. The monoisotopic (exact) mass is 514 g/mol. The summed E-state index contributed by atoms with van der Waals surface area (Å²) in [6.07, 6.45) is 3.86. The molecule has 1 aromatic carbocycles. The molecule has 0 radical (unpaired) electrons. The Morgan fingerprint density at radius 3 is 2.79 bits per heavy atom. The molecule has 5 rings (SSSR count). The van der Waals surface area contributed by atoms with Gasteiger partial charge in [0.25, 0.3) is 11.7 Å². The van der Waals surface area contributed by atoms with Gasteiger partial charge in [-0.1, -0.05) is 44.6 Å². The number of carbonyl (C=O) groups excluding carboxylic acids is 2. The molecule has 0 spiro atoms. The molecule has 11 nitrogen and oxygen atoms in total. The van der Waals surface area contributed by atoms with Crippen molar-refractivity contribution in [3.05, 3.63) is 60.4 Å². The van der Waals surface area contributed by atoms with Crippen molar-refractivity contribution in [1.29, 1.82) is 0 Å². The van der Waals surface area contributed by atoms with E-state index >= 15 is 0 Å². The molecule has 0 saturated carbocycles. The van der Waals surface area contributed by atoms with Crippen molar-refractivity contribution in [3.8, 4) is 11.1 Å². The first kappa shape index (κ1) is 25.1. The Morgan fingerprint density at radius 2 is 2.05 bits per heavy atom. The molecule has 1 unspecified atom stereocenters. The van der Waals surface area contributed by atoms with E-state index in [-0.39, 0.29) is 23.2 Å². The van der Waals surface area contributed by atoms with Crippen LogP contribution in [0.2, 0.25) is 0 Å². The fourth-order valence-electron chi connectivity index (χ4n) is 4.54. The van der Waals surface area contributed by atoms with E-state index < -0.39 is 5.91 Å². The van der Waals surface area contributed by atoms with Gasteiger partial charge < -0.3 is 20.1 Å². The molecule has 1 atom stereocenters. The molecular formula is C27H30N8O3. The molecule has 0 aliphatic carbocycles. The third-order valence-electron chi connectivity index (χ3n) is 6.62. The molecule has 2 amide bonds. The van der Waals surface area contributed by atoms with E-state index in [0.29, 0.717) is 36.1 Å². The van der Waals surface area contributed by atoms with Crippen LogP contribution in [0.4, 0.5) is 11.5 Å². The zero-order chi connectivity index (χ0) is 27.0. The second-order valence-electron chi connectivity index (χ2n) is 10.4.